The molecule has 0 aromatic heterocycles. The van der Waals surface area contributed by atoms with Gasteiger partial charge >= 0.3 is 0 Å². The molecule has 0 radical (unpaired) electrons. The Kier molecular flexibility index (Phi) is 6.38. The second-order valence-electron chi connectivity index (χ2n) is 6.74. The van der Waals surface area contributed by atoms with E-state index in [-0.39, 0.29) is 18.2 Å². The number of hydrogen-bond donors (Lipinski definition) is 3. The summed E-state index contributed by atoms with van der Waals surface area (Å²) in [6, 6.07) is 0.867. The molecule has 3 unspecified atom stereocenters. The summed E-state index contributed by atoms with van der Waals surface area (Å²) in [7, 11) is 0. The molecule has 0 aromatic carbocycles. The van der Waals surface area contributed by atoms with Crippen LogP contribution in [0.3, 0.4) is 0 Å². The van der Waals surface area contributed by atoms with Crippen molar-refractivity contribution in [2.75, 3.05) is 26.2 Å². The lowest BCUT2D eigenvalue weighted by Gasteiger charge is -2.38. The Bertz CT molecular complexity index is 416. The van der Waals surface area contributed by atoms with Gasteiger partial charge in [0.1, 0.15) is 6.61 Å². The Balaban J connectivity index is 1.55. The number of epoxide rings is 1. The molecule has 3 atom stereocenters. The second-order valence-corrected chi connectivity index (χ2v) is 6.74. The molecule has 0 spiro atoms. The van der Waals surface area contributed by atoms with Crippen molar-refractivity contribution in [3.63, 3.8) is 0 Å². The first-order valence-corrected chi connectivity index (χ1v) is 8.55. The molecule has 0 saturated carbocycles. The highest BCUT2D eigenvalue weighted by Gasteiger charge is 2.41. The third kappa shape index (κ3) is 6.08. The lowest BCUT2D eigenvalue weighted by atomic mass is 9.97. The Morgan fingerprint density at radius 3 is 2.39 bits per heavy atom. The van der Waals surface area contributed by atoms with Crippen LogP contribution < -0.4 is 10.6 Å². The summed E-state index contributed by atoms with van der Waals surface area (Å²) >= 11 is 0. The number of carbonyl (C=O) groups excluding carboxylic acids is 2. The zero-order valence-corrected chi connectivity index (χ0v) is 14.1. The van der Waals surface area contributed by atoms with Crippen molar-refractivity contribution < 1.29 is 19.4 Å². The van der Waals surface area contributed by atoms with Gasteiger partial charge in [0, 0.05) is 38.0 Å². The minimum absolute atomic E-state index is 0.0286. The molecule has 2 rings (SSSR count). The van der Waals surface area contributed by atoms with Crippen LogP contribution in [0.2, 0.25) is 0 Å². The van der Waals surface area contributed by atoms with E-state index in [1.54, 1.807) is 0 Å². The molecule has 2 heterocycles. The zero-order valence-electron chi connectivity index (χ0n) is 14.1. The molecule has 23 heavy (non-hydrogen) atoms. The van der Waals surface area contributed by atoms with E-state index in [1.807, 2.05) is 0 Å². The minimum atomic E-state index is -1.02. The van der Waals surface area contributed by atoms with Crippen LogP contribution in [-0.2, 0) is 14.3 Å². The maximum absolute atomic E-state index is 12.0. The number of hydrogen-bond acceptors (Lipinski definition) is 5. The topological polar surface area (TPSA) is 94.2 Å². The molecular weight excluding hydrogens is 298 g/mol. The maximum Gasteiger partial charge on any atom is 0.234 e. The van der Waals surface area contributed by atoms with Crippen molar-refractivity contribution in [1.29, 1.82) is 0 Å². The largest absolute Gasteiger partial charge is 0.364 e. The molecule has 7 nitrogen and oxygen atoms in total. The number of aliphatic hydroxyl groups is 1. The highest BCUT2D eigenvalue weighted by molar-refractivity contribution is 5.80. The van der Waals surface area contributed by atoms with Crippen molar-refractivity contribution in [3.8, 4) is 0 Å². The summed E-state index contributed by atoms with van der Waals surface area (Å²) in [6.45, 7) is 5.77. The number of nitrogens with one attached hydrogen (secondary N) is 2. The fourth-order valence-corrected chi connectivity index (χ4v) is 3.04. The summed E-state index contributed by atoms with van der Waals surface area (Å²) in [6.07, 6.45) is 4.14. The van der Waals surface area contributed by atoms with Crippen LogP contribution in [0.1, 0.15) is 46.0 Å². The summed E-state index contributed by atoms with van der Waals surface area (Å²) in [4.78, 5) is 25.9. The van der Waals surface area contributed by atoms with E-state index in [4.69, 9.17) is 4.74 Å². The number of piperidine rings is 1. The smallest absolute Gasteiger partial charge is 0.234 e. The molecule has 7 heteroatoms. The third-order valence-corrected chi connectivity index (χ3v) is 4.69. The highest BCUT2D eigenvalue weighted by atomic mass is 16.7. The first kappa shape index (κ1) is 18.2. The number of carbonyl (C=O) groups is 2. The highest BCUT2D eigenvalue weighted by Crippen LogP contribution is 2.26. The predicted molar refractivity (Wildman–Crippen MR) is 85.6 cm³/mol. The van der Waals surface area contributed by atoms with Crippen LogP contribution in [0.25, 0.3) is 0 Å². The summed E-state index contributed by atoms with van der Waals surface area (Å²) in [5.41, 5.74) is 0. The van der Waals surface area contributed by atoms with Crippen LogP contribution in [0.15, 0.2) is 0 Å². The molecule has 3 N–H and O–H groups in total. The Labute approximate surface area is 137 Å². The van der Waals surface area contributed by atoms with Crippen molar-refractivity contribution in [3.05, 3.63) is 0 Å². The molecule has 2 amide bonds. The van der Waals surface area contributed by atoms with Gasteiger partial charge in [-0.3, -0.25) is 14.5 Å². The lowest BCUT2D eigenvalue weighted by Crippen LogP contribution is -2.49. The normalized spacial score (nSPS) is 30.7. The number of rotatable bonds is 8. The summed E-state index contributed by atoms with van der Waals surface area (Å²) in [5.74, 6) is -1.18. The van der Waals surface area contributed by atoms with Gasteiger partial charge in [-0.05, 0) is 26.7 Å². The van der Waals surface area contributed by atoms with Gasteiger partial charge in [0.2, 0.25) is 11.8 Å². The van der Waals surface area contributed by atoms with Gasteiger partial charge in [0.25, 0.3) is 0 Å². The summed E-state index contributed by atoms with van der Waals surface area (Å²) in [5, 5.41) is 15.0. The van der Waals surface area contributed by atoms with Crippen LogP contribution >= 0.6 is 0 Å². The average Bonchev–Trinajstić information content (AvgIpc) is 3.21. The van der Waals surface area contributed by atoms with Gasteiger partial charge in [-0.25, -0.2) is 0 Å². The third-order valence-electron chi connectivity index (χ3n) is 4.69. The van der Waals surface area contributed by atoms with Gasteiger partial charge in [-0.15, -0.1) is 0 Å². The van der Waals surface area contributed by atoms with E-state index in [2.05, 4.69) is 29.4 Å². The average molecular weight is 327 g/mol. The van der Waals surface area contributed by atoms with Crippen LogP contribution in [0.4, 0.5) is 0 Å². The zero-order chi connectivity index (χ0) is 16.9. The maximum atomic E-state index is 12.0. The van der Waals surface area contributed by atoms with E-state index in [0.29, 0.717) is 44.7 Å². The molecule has 2 fully saturated rings. The van der Waals surface area contributed by atoms with Crippen molar-refractivity contribution >= 4 is 11.8 Å². The molecule has 2 saturated heterocycles. The monoisotopic (exact) mass is 327 g/mol. The number of nitrogens with zero attached hydrogens (tertiary/aromatic N) is 1. The van der Waals surface area contributed by atoms with Gasteiger partial charge in [0.15, 0.2) is 5.79 Å². The minimum Gasteiger partial charge on any atom is -0.364 e. The van der Waals surface area contributed by atoms with E-state index in [0.717, 1.165) is 12.8 Å². The molecule has 0 aromatic rings. The van der Waals surface area contributed by atoms with Crippen molar-refractivity contribution in [2.45, 2.75) is 63.8 Å². The first-order chi connectivity index (χ1) is 10.9. The first-order valence-electron chi connectivity index (χ1n) is 8.55. The standard InChI is InChI=1S/C16H29N3O4/c1-12-4-3-5-13(2)19(12)10-15(21)17-8-6-14(20)18-9-7-16(22)11-23-16/h12-13,22H,3-11H2,1-2H3,(H,17,21)(H,18,20). The molecule has 0 aliphatic carbocycles. The van der Waals surface area contributed by atoms with Crippen LogP contribution in [0.5, 0.6) is 0 Å². The quantitative estimate of drug-likeness (QED) is 0.545. The van der Waals surface area contributed by atoms with Gasteiger partial charge in [-0.1, -0.05) is 6.42 Å². The van der Waals surface area contributed by atoms with E-state index in [1.165, 1.54) is 6.42 Å². The predicted octanol–water partition coefficient (Wildman–Crippen LogP) is -0.0193. The Morgan fingerprint density at radius 1 is 1.17 bits per heavy atom. The molecule has 0 bridgehead atoms. The Hall–Kier alpha value is -1.18. The van der Waals surface area contributed by atoms with E-state index < -0.39 is 5.79 Å². The lowest BCUT2D eigenvalue weighted by molar-refractivity contribution is -0.124. The second kappa shape index (κ2) is 8.08. The van der Waals surface area contributed by atoms with Crippen LogP contribution in [-0.4, -0.2) is 65.9 Å². The fraction of sp³-hybridized carbons (Fsp3) is 0.875. The summed E-state index contributed by atoms with van der Waals surface area (Å²) < 4.78 is 4.82. The van der Waals surface area contributed by atoms with E-state index in [9.17, 15) is 14.7 Å². The number of ether oxygens (including phenoxy) is 1. The molecule has 2 aliphatic rings. The van der Waals surface area contributed by atoms with E-state index >= 15 is 0 Å². The van der Waals surface area contributed by atoms with Gasteiger partial charge in [0.05, 0.1) is 6.54 Å². The molecule has 132 valence electrons. The van der Waals surface area contributed by atoms with Crippen LogP contribution in [0, 0.1) is 0 Å². The SMILES string of the molecule is CC1CCCC(C)N1CC(=O)NCCC(=O)NCCC1(O)CO1. The van der Waals surface area contributed by atoms with Crippen molar-refractivity contribution in [2.24, 2.45) is 0 Å². The number of likely N-dealkylation sites (tertiary alicyclic amines) is 1. The fourth-order valence-electron chi connectivity index (χ4n) is 3.04. The molecular formula is C16H29N3O4. The van der Waals surface area contributed by atoms with Gasteiger partial charge < -0.3 is 20.5 Å². The van der Waals surface area contributed by atoms with Gasteiger partial charge in [-0.2, -0.15) is 0 Å². The molecule has 2 aliphatic heterocycles. The Morgan fingerprint density at radius 2 is 1.78 bits per heavy atom. The number of amides is 2. The van der Waals surface area contributed by atoms with Crippen molar-refractivity contribution in [1.82, 2.24) is 15.5 Å².